The standard InChI is InChI=1S/C14H12N4O3/c1-9(19)11-6-12-10(7-16-18(12)8-14(20)21)5-13(11)17-4-2-3-15-17/h2-7H,8H2,1H3,(H,20,21). The average Bonchev–Trinajstić information content (AvgIpc) is 3.06. The van der Waals surface area contributed by atoms with Gasteiger partial charge in [-0.1, -0.05) is 0 Å². The van der Waals surface area contributed by atoms with Crippen LogP contribution >= 0.6 is 0 Å². The molecule has 0 saturated heterocycles. The predicted molar refractivity (Wildman–Crippen MR) is 74.5 cm³/mol. The quantitative estimate of drug-likeness (QED) is 0.733. The van der Waals surface area contributed by atoms with Crippen LogP contribution in [0.4, 0.5) is 0 Å². The molecular weight excluding hydrogens is 272 g/mol. The van der Waals surface area contributed by atoms with Crippen LogP contribution in [-0.2, 0) is 11.3 Å². The van der Waals surface area contributed by atoms with Crippen molar-refractivity contribution in [1.82, 2.24) is 19.6 Å². The number of carboxylic acids is 1. The van der Waals surface area contributed by atoms with Crippen LogP contribution in [0.15, 0.2) is 36.8 Å². The summed E-state index contributed by atoms with van der Waals surface area (Å²) in [6, 6.07) is 5.21. The Morgan fingerprint density at radius 1 is 1.29 bits per heavy atom. The number of Topliss-reactive ketones (excluding diaryl/α,β-unsaturated/α-hetero) is 1. The van der Waals surface area contributed by atoms with E-state index in [9.17, 15) is 9.59 Å². The van der Waals surface area contributed by atoms with Gasteiger partial charge >= 0.3 is 5.97 Å². The molecule has 0 unspecified atom stereocenters. The minimum absolute atomic E-state index is 0.120. The molecule has 7 nitrogen and oxygen atoms in total. The molecule has 0 saturated carbocycles. The van der Waals surface area contributed by atoms with Gasteiger partial charge in [-0.3, -0.25) is 14.3 Å². The van der Waals surface area contributed by atoms with E-state index >= 15 is 0 Å². The summed E-state index contributed by atoms with van der Waals surface area (Å²) < 4.78 is 2.96. The molecule has 1 N–H and O–H groups in total. The van der Waals surface area contributed by atoms with E-state index in [-0.39, 0.29) is 12.3 Å². The molecule has 106 valence electrons. The summed E-state index contributed by atoms with van der Waals surface area (Å²) in [5.74, 6) is -1.11. The monoisotopic (exact) mass is 284 g/mol. The molecule has 7 heteroatoms. The third kappa shape index (κ3) is 2.29. The van der Waals surface area contributed by atoms with Crippen molar-refractivity contribution in [2.45, 2.75) is 13.5 Å². The van der Waals surface area contributed by atoms with Gasteiger partial charge in [0.25, 0.3) is 0 Å². The minimum atomic E-state index is -0.986. The highest BCUT2D eigenvalue weighted by atomic mass is 16.4. The number of nitrogens with zero attached hydrogens (tertiary/aromatic N) is 4. The fourth-order valence-electron chi connectivity index (χ4n) is 2.25. The number of carbonyl (C=O) groups excluding carboxylic acids is 1. The number of fused-ring (bicyclic) bond motifs is 1. The van der Waals surface area contributed by atoms with E-state index in [0.717, 1.165) is 5.39 Å². The van der Waals surface area contributed by atoms with Gasteiger partial charge in [-0.25, -0.2) is 4.68 Å². The second-order valence-corrected chi connectivity index (χ2v) is 4.63. The zero-order valence-corrected chi connectivity index (χ0v) is 11.2. The Balaban J connectivity index is 2.24. The molecule has 0 fully saturated rings. The molecule has 3 aromatic rings. The van der Waals surface area contributed by atoms with Crippen molar-refractivity contribution >= 4 is 22.7 Å². The van der Waals surface area contributed by atoms with Crippen molar-refractivity contribution in [2.24, 2.45) is 0 Å². The van der Waals surface area contributed by atoms with E-state index in [1.807, 2.05) is 0 Å². The number of rotatable bonds is 4. The maximum Gasteiger partial charge on any atom is 0.325 e. The second kappa shape index (κ2) is 4.86. The highest BCUT2D eigenvalue weighted by Crippen LogP contribution is 2.23. The Kier molecular flexibility index (Phi) is 3.02. The van der Waals surface area contributed by atoms with Crippen LogP contribution in [0, 0.1) is 0 Å². The Bertz CT molecular complexity index is 833. The van der Waals surface area contributed by atoms with Crippen LogP contribution < -0.4 is 0 Å². The van der Waals surface area contributed by atoms with Gasteiger partial charge in [-0.15, -0.1) is 0 Å². The lowest BCUT2D eigenvalue weighted by atomic mass is 10.1. The molecule has 0 atom stereocenters. The molecule has 0 amide bonds. The fourth-order valence-corrected chi connectivity index (χ4v) is 2.25. The van der Waals surface area contributed by atoms with Gasteiger partial charge in [0.2, 0.25) is 0 Å². The summed E-state index contributed by atoms with van der Waals surface area (Å²) >= 11 is 0. The third-order valence-electron chi connectivity index (χ3n) is 3.17. The number of carbonyl (C=O) groups is 2. The van der Waals surface area contributed by atoms with E-state index < -0.39 is 5.97 Å². The van der Waals surface area contributed by atoms with E-state index in [4.69, 9.17) is 5.11 Å². The van der Waals surface area contributed by atoms with Gasteiger partial charge in [0.15, 0.2) is 5.78 Å². The lowest BCUT2D eigenvalue weighted by Crippen LogP contribution is -2.10. The first-order valence-corrected chi connectivity index (χ1v) is 6.28. The summed E-state index contributed by atoms with van der Waals surface area (Å²) in [4.78, 5) is 22.7. The summed E-state index contributed by atoms with van der Waals surface area (Å²) in [6.07, 6.45) is 4.95. The molecule has 3 rings (SSSR count). The topological polar surface area (TPSA) is 90.0 Å². The smallest absolute Gasteiger partial charge is 0.325 e. The Hall–Kier alpha value is -2.96. The lowest BCUT2D eigenvalue weighted by Gasteiger charge is -2.08. The molecular formula is C14H12N4O3. The number of ketones is 1. The van der Waals surface area contributed by atoms with Crippen molar-refractivity contribution in [3.05, 3.63) is 42.4 Å². The second-order valence-electron chi connectivity index (χ2n) is 4.63. The Morgan fingerprint density at radius 3 is 2.71 bits per heavy atom. The molecule has 2 heterocycles. The first kappa shape index (κ1) is 13.0. The van der Waals surface area contributed by atoms with Gasteiger partial charge in [0.05, 0.1) is 17.4 Å². The maximum absolute atomic E-state index is 11.9. The molecule has 0 aliphatic heterocycles. The van der Waals surface area contributed by atoms with Crippen LogP contribution in [0.2, 0.25) is 0 Å². The van der Waals surface area contributed by atoms with Crippen molar-refractivity contribution in [3.8, 4) is 5.69 Å². The van der Waals surface area contributed by atoms with Crippen LogP contribution in [0.1, 0.15) is 17.3 Å². The highest BCUT2D eigenvalue weighted by Gasteiger charge is 2.15. The number of hydrogen-bond acceptors (Lipinski definition) is 4. The van der Waals surface area contributed by atoms with Crippen LogP contribution in [0.25, 0.3) is 16.6 Å². The number of carboxylic acid groups (broad SMARTS) is 1. The van der Waals surface area contributed by atoms with Gasteiger partial charge in [-0.2, -0.15) is 10.2 Å². The van der Waals surface area contributed by atoms with E-state index in [2.05, 4.69) is 10.2 Å². The summed E-state index contributed by atoms with van der Waals surface area (Å²) in [7, 11) is 0. The summed E-state index contributed by atoms with van der Waals surface area (Å²) in [5, 5.41) is 17.8. The number of aliphatic carboxylic acids is 1. The van der Waals surface area contributed by atoms with E-state index in [1.165, 1.54) is 11.6 Å². The highest BCUT2D eigenvalue weighted by molar-refractivity contribution is 6.01. The van der Waals surface area contributed by atoms with Crippen molar-refractivity contribution in [3.63, 3.8) is 0 Å². The zero-order valence-electron chi connectivity index (χ0n) is 11.2. The largest absolute Gasteiger partial charge is 0.480 e. The molecule has 0 aliphatic rings. The zero-order chi connectivity index (χ0) is 15.0. The Morgan fingerprint density at radius 2 is 2.10 bits per heavy atom. The average molecular weight is 284 g/mol. The van der Waals surface area contributed by atoms with Crippen LogP contribution in [0.5, 0.6) is 0 Å². The van der Waals surface area contributed by atoms with Gasteiger partial charge < -0.3 is 5.11 Å². The first-order valence-electron chi connectivity index (χ1n) is 6.28. The van der Waals surface area contributed by atoms with Gasteiger partial charge in [0.1, 0.15) is 6.54 Å². The van der Waals surface area contributed by atoms with Crippen LogP contribution in [-0.4, -0.2) is 36.4 Å². The fraction of sp³-hybridized carbons (Fsp3) is 0.143. The third-order valence-corrected chi connectivity index (χ3v) is 3.17. The number of hydrogen-bond donors (Lipinski definition) is 1. The van der Waals surface area contributed by atoms with Crippen molar-refractivity contribution in [1.29, 1.82) is 0 Å². The maximum atomic E-state index is 11.9. The number of aromatic nitrogens is 4. The lowest BCUT2D eigenvalue weighted by molar-refractivity contribution is -0.137. The predicted octanol–water partition coefficient (Wildman–Crippen LogP) is 1.51. The summed E-state index contributed by atoms with van der Waals surface area (Å²) in [5.41, 5.74) is 1.73. The van der Waals surface area contributed by atoms with Crippen LogP contribution in [0.3, 0.4) is 0 Å². The van der Waals surface area contributed by atoms with Crippen molar-refractivity contribution in [2.75, 3.05) is 0 Å². The summed E-state index contributed by atoms with van der Waals surface area (Å²) in [6.45, 7) is 1.22. The molecule has 21 heavy (non-hydrogen) atoms. The minimum Gasteiger partial charge on any atom is -0.480 e. The Labute approximate surface area is 119 Å². The van der Waals surface area contributed by atoms with Crippen molar-refractivity contribution < 1.29 is 14.7 Å². The van der Waals surface area contributed by atoms with E-state index in [0.29, 0.717) is 16.8 Å². The molecule has 0 aliphatic carbocycles. The normalized spacial score (nSPS) is 10.9. The molecule has 0 radical (unpaired) electrons. The van der Waals surface area contributed by atoms with E-state index in [1.54, 1.807) is 41.5 Å². The van der Waals surface area contributed by atoms with Gasteiger partial charge in [0, 0.05) is 23.3 Å². The molecule has 1 aromatic carbocycles. The molecule has 2 aromatic heterocycles. The molecule has 0 spiro atoms. The SMILES string of the molecule is CC(=O)c1cc2c(cnn2CC(=O)O)cc1-n1cccn1. The first-order chi connectivity index (χ1) is 10.1. The van der Waals surface area contributed by atoms with Gasteiger partial charge in [-0.05, 0) is 25.1 Å². The molecule has 0 bridgehead atoms. The number of benzene rings is 1.